The first-order valence-electron chi connectivity index (χ1n) is 7.89. The van der Waals surface area contributed by atoms with Gasteiger partial charge in [-0.05, 0) is 68.1 Å². The van der Waals surface area contributed by atoms with E-state index in [0.717, 1.165) is 44.1 Å². The molecule has 0 unspecified atom stereocenters. The lowest BCUT2D eigenvalue weighted by Gasteiger charge is -2.28. The molecule has 1 aromatic carbocycles. The average molecular weight is 314 g/mol. The summed E-state index contributed by atoms with van der Waals surface area (Å²) >= 11 is 0. The minimum atomic E-state index is -4.26. The van der Waals surface area contributed by atoms with E-state index in [0.29, 0.717) is 11.8 Å². The molecule has 1 aliphatic rings. The highest BCUT2D eigenvalue weighted by Gasteiger charge is 2.30. The van der Waals surface area contributed by atoms with Gasteiger partial charge in [0, 0.05) is 0 Å². The van der Waals surface area contributed by atoms with Crippen LogP contribution >= 0.6 is 0 Å². The largest absolute Gasteiger partial charge is 0.416 e. The highest BCUT2D eigenvalue weighted by molar-refractivity contribution is 5.27. The van der Waals surface area contributed by atoms with E-state index in [1.807, 2.05) is 6.08 Å². The highest BCUT2D eigenvalue weighted by atomic mass is 19.4. The number of allylic oxidation sites excluding steroid dienone is 2. The lowest BCUT2D eigenvalue weighted by molar-refractivity contribution is -0.137. The summed E-state index contributed by atoms with van der Waals surface area (Å²) in [4.78, 5) is 0. The van der Waals surface area contributed by atoms with Crippen LogP contribution in [0, 0.1) is 5.92 Å². The zero-order chi connectivity index (χ0) is 16.0. The van der Waals surface area contributed by atoms with Crippen LogP contribution < -0.4 is 0 Å². The minimum absolute atomic E-state index is 0.375. The number of benzene rings is 1. The molecule has 2 rings (SSSR count). The van der Waals surface area contributed by atoms with E-state index >= 15 is 0 Å². The molecule has 0 spiro atoms. The Labute approximate surface area is 129 Å². The van der Waals surface area contributed by atoms with Gasteiger partial charge >= 0.3 is 6.18 Å². The molecule has 0 radical (unpaired) electrons. The lowest BCUT2D eigenvalue weighted by atomic mass is 9.77. The van der Waals surface area contributed by atoms with E-state index in [1.54, 1.807) is 18.2 Å². The van der Waals surface area contributed by atoms with E-state index in [2.05, 4.69) is 0 Å². The van der Waals surface area contributed by atoms with Gasteiger partial charge in [0.25, 0.3) is 0 Å². The minimum Gasteiger partial charge on any atom is -0.247 e. The van der Waals surface area contributed by atoms with E-state index in [1.165, 1.54) is 12.1 Å². The van der Waals surface area contributed by atoms with Crippen LogP contribution in [0.15, 0.2) is 36.4 Å². The monoisotopic (exact) mass is 314 g/mol. The predicted octanol–water partition coefficient (Wildman–Crippen LogP) is 6.29. The van der Waals surface area contributed by atoms with E-state index in [4.69, 9.17) is 0 Å². The first-order valence-corrected chi connectivity index (χ1v) is 7.89. The number of halogens is 4. The molecule has 0 atom stereocenters. The van der Waals surface area contributed by atoms with Gasteiger partial charge < -0.3 is 0 Å². The van der Waals surface area contributed by atoms with Gasteiger partial charge in [0.1, 0.15) is 6.67 Å². The zero-order valence-corrected chi connectivity index (χ0v) is 12.6. The third kappa shape index (κ3) is 4.85. The normalized spacial score (nSPS) is 23.1. The van der Waals surface area contributed by atoms with Crippen molar-refractivity contribution in [2.75, 3.05) is 6.67 Å². The van der Waals surface area contributed by atoms with Gasteiger partial charge in [-0.2, -0.15) is 13.2 Å². The molecule has 0 aromatic heterocycles. The Balaban J connectivity index is 1.82. The molecule has 0 bridgehead atoms. The summed E-state index contributed by atoms with van der Waals surface area (Å²) < 4.78 is 49.6. The maximum atomic E-state index is 12.6. The van der Waals surface area contributed by atoms with Crippen LogP contribution in [0.3, 0.4) is 0 Å². The Hall–Kier alpha value is -1.32. The van der Waals surface area contributed by atoms with Crippen molar-refractivity contribution in [3.05, 3.63) is 47.5 Å². The van der Waals surface area contributed by atoms with E-state index in [9.17, 15) is 17.6 Å². The molecule has 1 aromatic rings. The average Bonchev–Trinajstić information content (AvgIpc) is 2.51. The second-order valence-electron chi connectivity index (χ2n) is 6.04. The summed E-state index contributed by atoms with van der Waals surface area (Å²) in [5.41, 5.74) is 0.438. The molecule has 4 heteroatoms. The summed E-state index contributed by atoms with van der Waals surface area (Å²) in [6.07, 6.45) is 5.45. The van der Waals surface area contributed by atoms with Gasteiger partial charge in [-0.15, -0.1) is 0 Å². The van der Waals surface area contributed by atoms with Crippen molar-refractivity contribution in [2.45, 2.75) is 50.6 Å². The fraction of sp³-hybridized carbons (Fsp3) is 0.556. The number of hydrogen-bond donors (Lipinski definition) is 0. The molecule has 1 aliphatic carbocycles. The van der Waals surface area contributed by atoms with Gasteiger partial charge in [-0.1, -0.05) is 24.3 Å². The van der Waals surface area contributed by atoms with Gasteiger partial charge in [-0.3, -0.25) is 0 Å². The fourth-order valence-electron chi connectivity index (χ4n) is 3.24. The lowest BCUT2D eigenvalue weighted by Crippen LogP contribution is -2.13. The molecule has 0 aliphatic heterocycles. The Morgan fingerprint density at radius 3 is 2.14 bits per heavy atom. The third-order valence-electron chi connectivity index (χ3n) is 4.55. The van der Waals surface area contributed by atoms with Crippen LogP contribution in [0.25, 0.3) is 0 Å². The molecule has 122 valence electrons. The van der Waals surface area contributed by atoms with Gasteiger partial charge in [0.15, 0.2) is 0 Å². The van der Waals surface area contributed by atoms with Crippen LogP contribution in [-0.2, 0) is 6.18 Å². The standard InChI is InChI=1S/C18H22F4/c19-13-3-1-2-4-14-5-7-15(8-6-14)16-9-11-17(12-10-16)18(20,21)22/h1,3,9-12,14-15H,2,4-8,13H2. The quantitative estimate of drug-likeness (QED) is 0.443. The maximum absolute atomic E-state index is 12.6. The highest BCUT2D eigenvalue weighted by Crippen LogP contribution is 2.38. The van der Waals surface area contributed by atoms with Crippen LogP contribution in [-0.4, -0.2) is 6.67 Å². The van der Waals surface area contributed by atoms with Gasteiger partial charge in [-0.25, -0.2) is 4.39 Å². The van der Waals surface area contributed by atoms with Crippen LogP contribution in [0.1, 0.15) is 55.6 Å². The zero-order valence-electron chi connectivity index (χ0n) is 12.6. The Kier molecular flexibility index (Phi) is 6.04. The van der Waals surface area contributed by atoms with Gasteiger partial charge in [0.2, 0.25) is 0 Å². The molecular weight excluding hydrogens is 292 g/mol. The van der Waals surface area contributed by atoms with Crippen molar-refractivity contribution in [3.63, 3.8) is 0 Å². The molecule has 0 nitrogen and oxygen atoms in total. The smallest absolute Gasteiger partial charge is 0.247 e. The SMILES string of the molecule is FCC=CCCC1CCC(c2ccc(C(F)(F)F)cc2)CC1. The predicted molar refractivity (Wildman–Crippen MR) is 80.5 cm³/mol. The Bertz CT molecular complexity index is 465. The summed E-state index contributed by atoms with van der Waals surface area (Å²) in [6, 6.07) is 5.61. The van der Waals surface area contributed by atoms with E-state index in [-0.39, 0.29) is 0 Å². The molecule has 22 heavy (non-hydrogen) atoms. The third-order valence-corrected chi connectivity index (χ3v) is 4.55. The molecule has 0 heterocycles. The first-order chi connectivity index (χ1) is 10.5. The number of hydrogen-bond acceptors (Lipinski definition) is 0. The van der Waals surface area contributed by atoms with Crippen molar-refractivity contribution >= 4 is 0 Å². The molecule has 1 fully saturated rings. The Morgan fingerprint density at radius 2 is 1.59 bits per heavy atom. The van der Waals surface area contributed by atoms with Crippen molar-refractivity contribution < 1.29 is 17.6 Å². The second kappa shape index (κ2) is 7.80. The topological polar surface area (TPSA) is 0 Å². The number of alkyl halides is 4. The summed E-state index contributed by atoms with van der Waals surface area (Å²) in [7, 11) is 0. The molecule has 0 amide bonds. The summed E-state index contributed by atoms with van der Waals surface area (Å²) in [5, 5.41) is 0. The molecule has 0 saturated heterocycles. The fourth-order valence-corrected chi connectivity index (χ4v) is 3.24. The maximum Gasteiger partial charge on any atom is 0.416 e. The van der Waals surface area contributed by atoms with Crippen molar-refractivity contribution in [1.29, 1.82) is 0 Å². The van der Waals surface area contributed by atoms with Crippen LogP contribution in [0.4, 0.5) is 17.6 Å². The molecule has 0 N–H and O–H groups in total. The van der Waals surface area contributed by atoms with Crippen LogP contribution in [0.2, 0.25) is 0 Å². The molecule has 1 saturated carbocycles. The Morgan fingerprint density at radius 1 is 0.955 bits per heavy atom. The second-order valence-corrected chi connectivity index (χ2v) is 6.04. The van der Waals surface area contributed by atoms with Crippen molar-refractivity contribution in [2.24, 2.45) is 5.92 Å². The van der Waals surface area contributed by atoms with Crippen LogP contribution in [0.5, 0.6) is 0 Å². The summed E-state index contributed by atoms with van der Waals surface area (Å²) in [5.74, 6) is 1.04. The summed E-state index contributed by atoms with van der Waals surface area (Å²) in [6.45, 7) is -0.402. The molecular formula is C18H22F4. The van der Waals surface area contributed by atoms with Crippen molar-refractivity contribution in [1.82, 2.24) is 0 Å². The van der Waals surface area contributed by atoms with Crippen molar-refractivity contribution in [3.8, 4) is 0 Å². The number of rotatable bonds is 5. The van der Waals surface area contributed by atoms with Gasteiger partial charge in [0.05, 0.1) is 5.56 Å². The van der Waals surface area contributed by atoms with E-state index < -0.39 is 18.4 Å². The first kappa shape index (κ1) is 17.0.